The second-order valence-electron chi connectivity index (χ2n) is 4.99. The van der Waals surface area contributed by atoms with Gasteiger partial charge in [-0.1, -0.05) is 38.8 Å². The molecule has 5 heteroatoms. The van der Waals surface area contributed by atoms with Gasteiger partial charge in [-0.05, 0) is 42.8 Å². The smallest absolute Gasteiger partial charge is 0.141 e. The predicted molar refractivity (Wildman–Crippen MR) is 95.3 cm³/mol. The number of nitrogens with zero attached hydrogens (tertiary/aromatic N) is 2. The molecule has 21 heavy (non-hydrogen) atoms. The van der Waals surface area contributed by atoms with Crippen LogP contribution in [0.3, 0.4) is 0 Å². The van der Waals surface area contributed by atoms with Crippen molar-refractivity contribution in [2.75, 3.05) is 5.73 Å². The molecule has 0 aliphatic heterocycles. The summed E-state index contributed by atoms with van der Waals surface area (Å²) in [5.74, 6) is 0.956. The van der Waals surface area contributed by atoms with Gasteiger partial charge in [0.25, 0.3) is 0 Å². The van der Waals surface area contributed by atoms with Crippen LogP contribution in [0.4, 0.5) is 5.69 Å². The molecule has 1 heterocycles. The molecule has 1 aromatic heterocycles. The van der Waals surface area contributed by atoms with Gasteiger partial charge < -0.3 is 10.3 Å². The van der Waals surface area contributed by atoms with Crippen LogP contribution in [0.5, 0.6) is 0 Å². The Morgan fingerprint density at radius 1 is 1.10 bits per heavy atom. The van der Waals surface area contributed by atoms with Gasteiger partial charge >= 0.3 is 0 Å². The Bertz CT molecular complexity index is 788. The first-order valence-electron chi connectivity index (χ1n) is 6.80. The molecule has 0 aliphatic rings. The number of aryl methyl sites for hydroxylation is 1. The molecular weight excluding hydrogens is 394 g/mol. The van der Waals surface area contributed by atoms with Crippen molar-refractivity contribution in [3.8, 4) is 11.4 Å². The van der Waals surface area contributed by atoms with Crippen LogP contribution in [0, 0.1) is 0 Å². The fraction of sp³-hybridized carbons (Fsp3) is 0.188. The summed E-state index contributed by atoms with van der Waals surface area (Å²) < 4.78 is 4.26. The van der Waals surface area contributed by atoms with Crippen molar-refractivity contribution >= 4 is 48.6 Å². The molecule has 0 unspecified atom stereocenters. The number of benzene rings is 2. The van der Waals surface area contributed by atoms with E-state index in [1.54, 1.807) is 0 Å². The van der Waals surface area contributed by atoms with Gasteiger partial charge in [0.05, 0.1) is 11.0 Å². The van der Waals surface area contributed by atoms with Gasteiger partial charge in [0, 0.05) is 26.7 Å². The topological polar surface area (TPSA) is 43.8 Å². The van der Waals surface area contributed by atoms with Crippen molar-refractivity contribution in [2.45, 2.75) is 19.9 Å². The fourth-order valence-corrected chi connectivity index (χ4v) is 3.37. The van der Waals surface area contributed by atoms with Crippen molar-refractivity contribution in [1.29, 1.82) is 0 Å². The summed E-state index contributed by atoms with van der Waals surface area (Å²) in [6, 6.07) is 12.1. The molecule has 3 aromatic rings. The summed E-state index contributed by atoms with van der Waals surface area (Å²) in [6.45, 7) is 3.10. The Morgan fingerprint density at radius 3 is 2.62 bits per heavy atom. The molecule has 0 atom stereocenters. The van der Waals surface area contributed by atoms with Crippen LogP contribution in [0.1, 0.15) is 13.3 Å². The van der Waals surface area contributed by atoms with Crippen LogP contribution in [0.15, 0.2) is 45.3 Å². The number of halogens is 2. The molecule has 3 rings (SSSR count). The minimum absolute atomic E-state index is 0.732. The molecule has 0 bridgehead atoms. The van der Waals surface area contributed by atoms with Gasteiger partial charge in [-0.15, -0.1) is 0 Å². The highest BCUT2D eigenvalue weighted by molar-refractivity contribution is 9.10. The number of rotatable bonds is 3. The minimum Gasteiger partial charge on any atom is -0.399 e. The highest BCUT2D eigenvalue weighted by atomic mass is 79.9. The van der Waals surface area contributed by atoms with E-state index in [0.29, 0.717) is 0 Å². The summed E-state index contributed by atoms with van der Waals surface area (Å²) in [6.07, 6.45) is 1.05. The maximum absolute atomic E-state index is 5.96. The van der Waals surface area contributed by atoms with E-state index in [1.807, 2.05) is 18.2 Å². The second kappa shape index (κ2) is 5.81. The molecule has 0 aliphatic carbocycles. The van der Waals surface area contributed by atoms with E-state index in [1.165, 1.54) is 0 Å². The van der Waals surface area contributed by atoms with E-state index in [-0.39, 0.29) is 0 Å². The average molecular weight is 409 g/mol. The lowest BCUT2D eigenvalue weighted by Gasteiger charge is -2.09. The normalized spacial score (nSPS) is 11.2. The van der Waals surface area contributed by atoms with E-state index in [4.69, 9.17) is 10.7 Å². The molecule has 0 amide bonds. The predicted octanol–water partition coefficient (Wildman–Crippen LogP) is 5.22. The van der Waals surface area contributed by atoms with Crippen molar-refractivity contribution in [3.05, 3.63) is 45.3 Å². The number of hydrogen-bond acceptors (Lipinski definition) is 2. The number of imidazole rings is 1. The fourth-order valence-electron chi connectivity index (χ4n) is 2.51. The standard InChI is InChI=1S/C16H15Br2N3/c1-2-5-21-15-4-3-11(17)9-14(15)20-16(21)10-6-12(18)8-13(19)7-10/h3-4,6-9H,2,5,19H2,1H3. The van der Waals surface area contributed by atoms with Gasteiger partial charge in [-0.3, -0.25) is 0 Å². The first-order chi connectivity index (χ1) is 10.1. The molecule has 0 saturated carbocycles. The maximum atomic E-state index is 5.96. The van der Waals surface area contributed by atoms with Crippen LogP contribution in [-0.4, -0.2) is 9.55 Å². The Morgan fingerprint density at radius 2 is 1.90 bits per heavy atom. The Hall–Kier alpha value is -1.33. The lowest BCUT2D eigenvalue weighted by Crippen LogP contribution is -2.00. The zero-order valence-electron chi connectivity index (χ0n) is 11.6. The third-order valence-electron chi connectivity index (χ3n) is 3.34. The van der Waals surface area contributed by atoms with Crippen molar-refractivity contribution < 1.29 is 0 Å². The monoisotopic (exact) mass is 407 g/mol. The highest BCUT2D eigenvalue weighted by Crippen LogP contribution is 2.30. The first kappa shape index (κ1) is 14.6. The summed E-state index contributed by atoms with van der Waals surface area (Å²) >= 11 is 7.01. The van der Waals surface area contributed by atoms with E-state index in [9.17, 15) is 0 Å². The molecule has 0 saturated heterocycles. The molecule has 0 fully saturated rings. The van der Waals surface area contributed by atoms with Crippen LogP contribution >= 0.6 is 31.9 Å². The lowest BCUT2D eigenvalue weighted by molar-refractivity contribution is 0.704. The van der Waals surface area contributed by atoms with E-state index in [0.717, 1.165) is 50.0 Å². The average Bonchev–Trinajstić information content (AvgIpc) is 2.76. The first-order valence-corrected chi connectivity index (χ1v) is 8.39. The van der Waals surface area contributed by atoms with E-state index in [2.05, 4.69) is 61.5 Å². The Labute approximate surface area is 140 Å². The molecule has 0 radical (unpaired) electrons. The van der Waals surface area contributed by atoms with Crippen molar-refractivity contribution in [1.82, 2.24) is 9.55 Å². The number of fused-ring (bicyclic) bond motifs is 1. The Kier molecular flexibility index (Phi) is 4.04. The molecule has 2 aromatic carbocycles. The second-order valence-corrected chi connectivity index (χ2v) is 6.82. The minimum atomic E-state index is 0.732. The van der Waals surface area contributed by atoms with Crippen LogP contribution in [-0.2, 0) is 6.54 Å². The maximum Gasteiger partial charge on any atom is 0.141 e. The van der Waals surface area contributed by atoms with Crippen LogP contribution < -0.4 is 5.73 Å². The zero-order valence-corrected chi connectivity index (χ0v) is 14.8. The van der Waals surface area contributed by atoms with Gasteiger partial charge in [0.15, 0.2) is 0 Å². The van der Waals surface area contributed by atoms with Gasteiger partial charge in [-0.2, -0.15) is 0 Å². The van der Waals surface area contributed by atoms with Crippen molar-refractivity contribution in [2.24, 2.45) is 0 Å². The number of nitrogen functional groups attached to an aromatic ring is 1. The molecule has 108 valence electrons. The molecule has 2 N–H and O–H groups in total. The summed E-state index contributed by atoms with van der Waals surface area (Å²) in [4.78, 5) is 4.80. The number of hydrogen-bond donors (Lipinski definition) is 1. The molecular formula is C16H15Br2N3. The summed E-state index contributed by atoms with van der Waals surface area (Å²) in [5, 5.41) is 0. The molecule has 0 spiro atoms. The van der Waals surface area contributed by atoms with Crippen molar-refractivity contribution in [3.63, 3.8) is 0 Å². The zero-order chi connectivity index (χ0) is 15.0. The summed E-state index contributed by atoms with van der Waals surface area (Å²) in [5.41, 5.74) is 9.87. The third-order valence-corrected chi connectivity index (χ3v) is 4.29. The van der Waals surface area contributed by atoms with Gasteiger partial charge in [-0.25, -0.2) is 4.98 Å². The third kappa shape index (κ3) is 2.85. The van der Waals surface area contributed by atoms with Crippen LogP contribution in [0.2, 0.25) is 0 Å². The van der Waals surface area contributed by atoms with Crippen LogP contribution in [0.25, 0.3) is 22.4 Å². The Balaban J connectivity index is 2.27. The number of aromatic nitrogens is 2. The summed E-state index contributed by atoms with van der Waals surface area (Å²) in [7, 11) is 0. The van der Waals surface area contributed by atoms with Gasteiger partial charge in [0.2, 0.25) is 0 Å². The number of anilines is 1. The van der Waals surface area contributed by atoms with Gasteiger partial charge in [0.1, 0.15) is 5.82 Å². The largest absolute Gasteiger partial charge is 0.399 e. The van der Waals surface area contributed by atoms with E-state index >= 15 is 0 Å². The quantitative estimate of drug-likeness (QED) is 0.603. The lowest BCUT2D eigenvalue weighted by atomic mass is 10.2. The van der Waals surface area contributed by atoms with E-state index < -0.39 is 0 Å². The molecule has 3 nitrogen and oxygen atoms in total. The number of nitrogens with two attached hydrogens (primary N) is 1. The highest BCUT2D eigenvalue weighted by Gasteiger charge is 2.13. The SMILES string of the molecule is CCCn1c(-c2cc(N)cc(Br)c2)nc2cc(Br)ccc21.